The summed E-state index contributed by atoms with van der Waals surface area (Å²) >= 11 is 0. The fraction of sp³-hybridized carbons (Fsp3) is 0.0625. The minimum absolute atomic E-state index is 0.108. The zero-order chi connectivity index (χ0) is 15.0. The van der Waals surface area contributed by atoms with Crippen LogP contribution in [0.2, 0.25) is 0 Å². The Morgan fingerprint density at radius 3 is 2.38 bits per heavy atom. The molecule has 2 aromatic carbocycles. The molecule has 0 atom stereocenters. The lowest BCUT2D eigenvalue weighted by Crippen LogP contribution is -2.14. The van der Waals surface area contributed by atoms with Gasteiger partial charge in [-0.1, -0.05) is 35.9 Å². The maximum absolute atomic E-state index is 12.8. The quantitative estimate of drug-likeness (QED) is 0.730. The maximum Gasteiger partial charge on any atom is 0.269 e. The lowest BCUT2D eigenvalue weighted by Gasteiger charge is -2.09. The van der Waals surface area contributed by atoms with Crippen molar-refractivity contribution >= 4 is 20.9 Å². The second-order valence-electron chi connectivity index (χ2n) is 4.78. The molecular formula is C16H12N2O2S. The highest BCUT2D eigenvalue weighted by Crippen LogP contribution is 2.25. The van der Waals surface area contributed by atoms with Crippen molar-refractivity contribution in [2.45, 2.75) is 11.8 Å². The average molecular weight is 296 g/mol. The van der Waals surface area contributed by atoms with Gasteiger partial charge in [0.05, 0.1) is 10.4 Å². The molecule has 0 unspecified atom stereocenters. The molecule has 0 aliphatic carbocycles. The van der Waals surface area contributed by atoms with Crippen LogP contribution in [0.3, 0.4) is 0 Å². The molecule has 3 aromatic rings. The lowest BCUT2D eigenvalue weighted by molar-refractivity contribution is 0.588. The first-order valence-corrected chi connectivity index (χ1v) is 7.81. The minimum Gasteiger partial charge on any atom is -0.224 e. The zero-order valence-corrected chi connectivity index (χ0v) is 12.1. The number of hydrogen-bond donors (Lipinski definition) is 0. The molecular weight excluding hydrogens is 284 g/mol. The Bertz CT molecular complexity index is 962. The summed E-state index contributed by atoms with van der Waals surface area (Å²) in [6, 6.07) is 17.2. The number of nitriles is 1. The van der Waals surface area contributed by atoms with Gasteiger partial charge in [0.2, 0.25) is 0 Å². The smallest absolute Gasteiger partial charge is 0.224 e. The Kier molecular flexibility index (Phi) is 3.04. The van der Waals surface area contributed by atoms with Gasteiger partial charge in [0, 0.05) is 5.39 Å². The molecule has 0 aliphatic heterocycles. The summed E-state index contributed by atoms with van der Waals surface area (Å²) in [7, 11) is -3.79. The molecule has 5 heteroatoms. The number of para-hydroxylation sites is 1. The van der Waals surface area contributed by atoms with Crippen LogP contribution in [0, 0.1) is 18.3 Å². The van der Waals surface area contributed by atoms with Crippen LogP contribution >= 0.6 is 0 Å². The van der Waals surface area contributed by atoms with E-state index in [4.69, 9.17) is 0 Å². The number of rotatable bonds is 2. The first kappa shape index (κ1) is 13.4. The van der Waals surface area contributed by atoms with Crippen LogP contribution in [0.15, 0.2) is 59.5 Å². The summed E-state index contributed by atoms with van der Waals surface area (Å²) in [4.78, 5) is 0.172. The number of hydrogen-bond acceptors (Lipinski definition) is 3. The largest absolute Gasteiger partial charge is 0.269 e. The van der Waals surface area contributed by atoms with Gasteiger partial charge >= 0.3 is 0 Å². The Hall–Kier alpha value is -2.58. The van der Waals surface area contributed by atoms with Crippen molar-refractivity contribution in [3.05, 3.63) is 65.9 Å². The van der Waals surface area contributed by atoms with Crippen molar-refractivity contribution in [2.24, 2.45) is 0 Å². The van der Waals surface area contributed by atoms with Gasteiger partial charge in [-0.25, -0.2) is 12.4 Å². The van der Waals surface area contributed by atoms with E-state index in [0.29, 0.717) is 5.52 Å². The van der Waals surface area contributed by atoms with Gasteiger partial charge in [-0.2, -0.15) is 5.26 Å². The second kappa shape index (κ2) is 4.76. The molecule has 0 saturated heterocycles. The van der Waals surface area contributed by atoms with Crippen molar-refractivity contribution in [3.8, 4) is 6.07 Å². The van der Waals surface area contributed by atoms with E-state index in [1.165, 1.54) is 0 Å². The third-order valence-electron chi connectivity index (χ3n) is 3.34. The zero-order valence-electron chi connectivity index (χ0n) is 11.3. The third-order valence-corrected chi connectivity index (χ3v) is 5.08. The van der Waals surface area contributed by atoms with Crippen molar-refractivity contribution in [3.63, 3.8) is 0 Å². The first-order valence-electron chi connectivity index (χ1n) is 6.37. The first-order chi connectivity index (χ1) is 10.0. The van der Waals surface area contributed by atoms with E-state index in [2.05, 4.69) is 0 Å². The molecule has 104 valence electrons. The fourth-order valence-corrected chi connectivity index (χ4v) is 3.75. The van der Waals surface area contributed by atoms with Crippen molar-refractivity contribution < 1.29 is 8.42 Å². The molecule has 1 heterocycles. The predicted octanol–water partition coefficient (Wildman–Crippen LogP) is 3.06. The van der Waals surface area contributed by atoms with Gasteiger partial charge in [-0.15, -0.1) is 0 Å². The number of aromatic nitrogens is 1. The van der Waals surface area contributed by atoms with Crippen LogP contribution in [-0.2, 0) is 10.0 Å². The molecule has 0 bridgehead atoms. The molecule has 0 spiro atoms. The highest BCUT2D eigenvalue weighted by Gasteiger charge is 2.22. The molecule has 3 rings (SSSR count). The van der Waals surface area contributed by atoms with E-state index >= 15 is 0 Å². The maximum atomic E-state index is 12.8. The Balaban J connectivity index is 2.33. The summed E-state index contributed by atoms with van der Waals surface area (Å²) in [6.07, 6.45) is 0. The van der Waals surface area contributed by atoms with E-state index in [1.54, 1.807) is 48.5 Å². The van der Waals surface area contributed by atoms with E-state index in [0.717, 1.165) is 14.9 Å². The van der Waals surface area contributed by atoms with E-state index < -0.39 is 10.0 Å². The van der Waals surface area contributed by atoms with Gasteiger partial charge < -0.3 is 0 Å². The number of benzene rings is 2. The second-order valence-corrected chi connectivity index (χ2v) is 6.57. The summed E-state index contributed by atoms with van der Waals surface area (Å²) in [6.45, 7) is 1.89. The monoisotopic (exact) mass is 296 g/mol. The van der Waals surface area contributed by atoms with Crippen LogP contribution in [0.25, 0.3) is 10.9 Å². The van der Waals surface area contributed by atoms with Gasteiger partial charge in [0.25, 0.3) is 10.0 Å². The summed E-state index contributed by atoms with van der Waals surface area (Å²) < 4.78 is 26.7. The number of aryl methyl sites for hydroxylation is 1. The van der Waals surface area contributed by atoms with Gasteiger partial charge in [0.1, 0.15) is 11.8 Å². The van der Waals surface area contributed by atoms with Crippen molar-refractivity contribution in [1.29, 1.82) is 5.26 Å². The fourth-order valence-electron chi connectivity index (χ4n) is 2.28. The molecule has 0 aliphatic rings. The normalized spacial score (nSPS) is 11.4. The van der Waals surface area contributed by atoms with Crippen LogP contribution < -0.4 is 0 Å². The topological polar surface area (TPSA) is 62.9 Å². The lowest BCUT2D eigenvalue weighted by atomic mass is 10.2. The SMILES string of the molecule is Cc1ccc(S(=O)(=O)n2c(C#N)cc3ccccc32)cc1. The predicted molar refractivity (Wildman–Crippen MR) is 80.4 cm³/mol. The highest BCUT2D eigenvalue weighted by molar-refractivity contribution is 7.90. The van der Waals surface area contributed by atoms with Crippen LogP contribution in [0.5, 0.6) is 0 Å². The third kappa shape index (κ3) is 2.10. The van der Waals surface area contributed by atoms with E-state index in [9.17, 15) is 13.7 Å². The van der Waals surface area contributed by atoms with Crippen molar-refractivity contribution in [2.75, 3.05) is 0 Å². The van der Waals surface area contributed by atoms with Gasteiger partial charge in [-0.05, 0) is 31.2 Å². The van der Waals surface area contributed by atoms with Crippen LogP contribution in [0.1, 0.15) is 11.3 Å². The minimum atomic E-state index is -3.79. The van der Waals surface area contributed by atoms with Crippen LogP contribution in [0.4, 0.5) is 0 Å². The molecule has 1 aromatic heterocycles. The Morgan fingerprint density at radius 2 is 1.71 bits per heavy atom. The van der Waals surface area contributed by atoms with Crippen molar-refractivity contribution in [1.82, 2.24) is 3.97 Å². The van der Waals surface area contributed by atoms with Gasteiger partial charge in [0.15, 0.2) is 0 Å². The average Bonchev–Trinajstić information content (AvgIpc) is 2.87. The van der Waals surface area contributed by atoms with Crippen LogP contribution in [-0.4, -0.2) is 12.4 Å². The number of nitrogens with zero attached hydrogens (tertiary/aromatic N) is 2. The molecule has 0 fully saturated rings. The Morgan fingerprint density at radius 1 is 1.05 bits per heavy atom. The molecule has 0 saturated carbocycles. The van der Waals surface area contributed by atoms with E-state index in [-0.39, 0.29) is 10.6 Å². The summed E-state index contributed by atoms with van der Waals surface area (Å²) in [5.74, 6) is 0. The molecule has 0 radical (unpaired) electrons. The standard InChI is InChI=1S/C16H12N2O2S/c1-12-6-8-15(9-7-12)21(19,20)18-14(11-17)10-13-4-2-3-5-16(13)18/h2-10H,1H3. The molecule has 0 N–H and O–H groups in total. The molecule has 0 amide bonds. The highest BCUT2D eigenvalue weighted by atomic mass is 32.2. The summed E-state index contributed by atoms with van der Waals surface area (Å²) in [5.41, 5.74) is 1.60. The summed E-state index contributed by atoms with van der Waals surface area (Å²) in [5, 5.41) is 9.97. The van der Waals surface area contributed by atoms with Gasteiger partial charge in [-0.3, -0.25) is 0 Å². The molecule has 21 heavy (non-hydrogen) atoms. The number of fused-ring (bicyclic) bond motifs is 1. The Labute approximate surface area is 122 Å². The molecule has 4 nitrogen and oxygen atoms in total. The van der Waals surface area contributed by atoms with E-state index in [1.807, 2.05) is 19.1 Å².